The Morgan fingerprint density at radius 2 is 2.33 bits per heavy atom. The van der Waals surface area contributed by atoms with Gasteiger partial charge in [-0.05, 0) is 18.2 Å². The van der Waals surface area contributed by atoms with Crippen LogP contribution in [0.15, 0.2) is 23.3 Å². The molecule has 2 aromatic rings. The average Bonchev–Trinajstić information content (AvgIpc) is 2.79. The molecular formula is C12H11N7OS. The second kappa shape index (κ2) is 5.98. The number of benzene rings is 1. The maximum Gasteiger partial charge on any atom is 0.223 e. The third kappa shape index (κ3) is 3.52. The Labute approximate surface area is 123 Å². The summed E-state index contributed by atoms with van der Waals surface area (Å²) in [6, 6.07) is 6.97. The number of nitrogens with two attached hydrogens (primary N) is 1. The first-order valence-corrected chi connectivity index (χ1v) is 6.57. The third-order valence-corrected chi connectivity index (χ3v) is 3.26. The summed E-state index contributed by atoms with van der Waals surface area (Å²) in [5, 5.41) is 22.8. The number of amides is 1. The summed E-state index contributed by atoms with van der Waals surface area (Å²) in [6.07, 6.45) is 0. The highest BCUT2D eigenvalue weighted by Gasteiger charge is 2.06. The van der Waals surface area contributed by atoms with Crippen molar-refractivity contribution in [2.45, 2.75) is 6.92 Å². The van der Waals surface area contributed by atoms with E-state index in [2.05, 4.69) is 20.8 Å². The Morgan fingerprint density at radius 1 is 1.57 bits per heavy atom. The lowest BCUT2D eigenvalue weighted by molar-refractivity contribution is -0.114. The number of nitriles is 1. The van der Waals surface area contributed by atoms with E-state index >= 15 is 0 Å². The van der Waals surface area contributed by atoms with E-state index in [1.807, 2.05) is 0 Å². The van der Waals surface area contributed by atoms with Crippen molar-refractivity contribution in [2.75, 3.05) is 10.7 Å². The van der Waals surface area contributed by atoms with Crippen molar-refractivity contribution >= 4 is 49.8 Å². The second-order valence-electron chi connectivity index (χ2n) is 3.98. The fourth-order valence-electron chi connectivity index (χ4n) is 1.46. The number of hydrogen-bond donors (Lipinski definition) is 4. The number of nitrogens with one attached hydrogen (secondary N) is 3. The van der Waals surface area contributed by atoms with Gasteiger partial charge in [-0.15, -0.1) is 0 Å². The summed E-state index contributed by atoms with van der Waals surface area (Å²) in [5.41, 5.74) is 9.01. The number of hydrazone groups is 1. The van der Waals surface area contributed by atoms with E-state index < -0.39 is 5.84 Å². The van der Waals surface area contributed by atoms with Crippen LogP contribution in [0, 0.1) is 16.7 Å². The smallest absolute Gasteiger partial charge is 0.223 e. The SMILES string of the molecule is CC(=O)Nc1nc2ccc(N/N=C(\C#N)C(=N)N)cc2s1. The molecule has 0 radical (unpaired) electrons. The number of rotatable bonds is 4. The Bertz CT molecular complexity index is 786. The van der Waals surface area contributed by atoms with Crippen molar-refractivity contribution in [3.63, 3.8) is 0 Å². The van der Waals surface area contributed by atoms with Gasteiger partial charge in [0.25, 0.3) is 0 Å². The van der Waals surface area contributed by atoms with Crippen molar-refractivity contribution in [2.24, 2.45) is 10.8 Å². The molecule has 0 fully saturated rings. The van der Waals surface area contributed by atoms with Crippen molar-refractivity contribution in [3.8, 4) is 6.07 Å². The molecule has 0 aliphatic rings. The van der Waals surface area contributed by atoms with Crippen LogP contribution in [-0.2, 0) is 4.79 Å². The molecule has 0 aliphatic carbocycles. The molecule has 1 heterocycles. The number of hydrogen-bond acceptors (Lipinski definition) is 7. The number of amidine groups is 1. The highest BCUT2D eigenvalue weighted by Crippen LogP contribution is 2.28. The fourth-order valence-corrected chi connectivity index (χ4v) is 2.42. The van der Waals surface area contributed by atoms with Gasteiger partial charge < -0.3 is 11.1 Å². The fraction of sp³-hybridized carbons (Fsp3) is 0.0833. The van der Waals surface area contributed by atoms with E-state index in [9.17, 15) is 4.79 Å². The quantitative estimate of drug-likeness (QED) is 0.384. The molecule has 0 bridgehead atoms. The lowest BCUT2D eigenvalue weighted by Gasteiger charge is -2.00. The van der Waals surface area contributed by atoms with Crippen LogP contribution in [0.4, 0.5) is 10.8 Å². The van der Waals surface area contributed by atoms with Gasteiger partial charge in [-0.25, -0.2) is 4.98 Å². The Kier molecular flexibility index (Phi) is 4.10. The van der Waals surface area contributed by atoms with Gasteiger partial charge in [0.2, 0.25) is 11.6 Å². The van der Waals surface area contributed by atoms with Crippen molar-refractivity contribution in [1.82, 2.24) is 4.98 Å². The first-order chi connectivity index (χ1) is 9.99. The van der Waals surface area contributed by atoms with Gasteiger partial charge in [-0.1, -0.05) is 11.3 Å². The van der Waals surface area contributed by atoms with Crippen LogP contribution in [0.25, 0.3) is 10.2 Å². The van der Waals surface area contributed by atoms with Crippen LogP contribution in [0.1, 0.15) is 6.92 Å². The molecule has 0 saturated carbocycles. The van der Waals surface area contributed by atoms with Crippen LogP contribution < -0.4 is 16.5 Å². The zero-order valence-corrected chi connectivity index (χ0v) is 11.8. The topological polar surface area (TPSA) is 140 Å². The molecule has 1 aromatic heterocycles. The highest BCUT2D eigenvalue weighted by molar-refractivity contribution is 7.22. The van der Waals surface area contributed by atoms with Crippen molar-refractivity contribution in [3.05, 3.63) is 18.2 Å². The molecule has 8 nitrogen and oxygen atoms in total. The van der Waals surface area contributed by atoms with Crippen LogP contribution in [0.5, 0.6) is 0 Å². The minimum absolute atomic E-state index is 0.183. The zero-order valence-electron chi connectivity index (χ0n) is 11.0. The summed E-state index contributed by atoms with van der Waals surface area (Å²) in [4.78, 5) is 15.2. The van der Waals surface area contributed by atoms with E-state index in [0.717, 1.165) is 10.2 Å². The van der Waals surface area contributed by atoms with Crippen LogP contribution in [0.2, 0.25) is 0 Å². The Hall–Kier alpha value is -2.99. The van der Waals surface area contributed by atoms with Gasteiger partial charge in [0.15, 0.2) is 11.0 Å². The molecule has 1 aromatic carbocycles. The zero-order chi connectivity index (χ0) is 15.4. The van der Waals surface area contributed by atoms with Crippen LogP contribution in [0.3, 0.4) is 0 Å². The molecule has 106 valence electrons. The third-order valence-electron chi connectivity index (χ3n) is 2.33. The molecule has 1 amide bonds. The number of anilines is 2. The predicted molar refractivity (Wildman–Crippen MR) is 82.5 cm³/mol. The minimum atomic E-state index is -0.406. The molecule has 0 unspecified atom stereocenters. The Morgan fingerprint density at radius 3 is 2.95 bits per heavy atom. The summed E-state index contributed by atoms with van der Waals surface area (Å²) >= 11 is 1.32. The first kappa shape index (κ1) is 14.4. The average molecular weight is 301 g/mol. The first-order valence-electron chi connectivity index (χ1n) is 5.76. The highest BCUT2D eigenvalue weighted by atomic mass is 32.1. The summed E-state index contributed by atoms with van der Waals surface area (Å²) in [6.45, 7) is 1.42. The minimum Gasteiger partial charge on any atom is -0.382 e. The van der Waals surface area contributed by atoms with E-state index in [1.165, 1.54) is 18.3 Å². The van der Waals surface area contributed by atoms with Gasteiger partial charge in [-0.2, -0.15) is 10.4 Å². The molecule has 21 heavy (non-hydrogen) atoms. The molecule has 2 rings (SSSR count). The van der Waals surface area contributed by atoms with Gasteiger partial charge >= 0.3 is 0 Å². The van der Waals surface area contributed by atoms with Gasteiger partial charge in [-0.3, -0.25) is 15.6 Å². The monoisotopic (exact) mass is 301 g/mol. The van der Waals surface area contributed by atoms with E-state index in [1.54, 1.807) is 24.3 Å². The second-order valence-corrected chi connectivity index (χ2v) is 5.01. The van der Waals surface area contributed by atoms with E-state index in [0.29, 0.717) is 10.8 Å². The van der Waals surface area contributed by atoms with Crippen LogP contribution >= 0.6 is 11.3 Å². The normalized spacial score (nSPS) is 11.0. The number of carbonyl (C=O) groups excluding carboxylic acids is 1. The largest absolute Gasteiger partial charge is 0.382 e. The molecular weight excluding hydrogens is 290 g/mol. The Balaban J connectivity index is 2.25. The number of nitrogens with zero attached hydrogens (tertiary/aromatic N) is 3. The lowest BCUT2D eigenvalue weighted by atomic mass is 10.3. The lowest BCUT2D eigenvalue weighted by Crippen LogP contribution is -2.21. The molecule has 5 N–H and O–H groups in total. The van der Waals surface area contributed by atoms with Gasteiger partial charge in [0, 0.05) is 6.92 Å². The van der Waals surface area contributed by atoms with E-state index in [-0.39, 0.29) is 11.6 Å². The summed E-state index contributed by atoms with van der Waals surface area (Å²) in [5.74, 6) is -0.589. The van der Waals surface area contributed by atoms with Crippen molar-refractivity contribution < 1.29 is 4.79 Å². The number of aromatic nitrogens is 1. The van der Waals surface area contributed by atoms with E-state index in [4.69, 9.17) is 16.4 Å². The molecule has 0 saturated heterocycles. The maximum atomic E-state index is 11.0. The molecule has 0 aliphatic heterocycles. The molecule has 9 heteroatoms. The number of fused-ring (bicyclic) bond motifs is 1. The van der Waals surface area contributed by atoms with Gasteiger partial charge in [0.05, 0.1) is 15.9 Å². The standard InChI is InChI=1S/C12H11N7OS/c1-6(20)16-12-17-8-3-2-7(4-10(8)21-12)18-19-9(5-13)11(14)15/h2-4,18H,1H3,(H3,14,15)(H,16,17,20)/b19-9+. The maximum absolute atomic E-state index is 11.0. The molecule has 0 atom stereocenters. The number of thiazole rings is 1. The predicted octanol–water partition coefficient (Wildman–Crippen LogP) is 1.48. The van der Waals surface area contributed by atoms with Crippen molar-refractivity contribution in [1.29, 1.82) is 10.7 Å². The summed E-state index contributed by atoms with van der Waals surface area (Å²) in [7, 11) is 0. The number of carbonyl (C=O) groups is 1. The summed E-state index contributed by atoms with van der Waals surface area (Å²) < 4.78 is 0.847. The van der Waals surface area contributed by atoms with Crippen LogP contribution in [-0.4, -0.2) is 22.4 Å². The van der Waals surface area contributed by atoms with Gasteiger partial charge in [0.1, 0.15) is 6.07 Å². The molecule has 0 spiro atoms.